The quantitative estimate of drug-likeness (QED) is 0.281. The summed E-state index contributed by atoms with van der Waals surface area (Å²) in [6.07, 6.45) is 10.3. The third-order valence-corrected chi connectivity index (χ3v) is 4.59. The molecule has 0 aromatic heterocycles. The van der Waals surface area contributed by atoms with Crippen molar-refractivity contribution in [3.05, 3.63) is 35.4 Å². The molecule has 1 aromatic carbocycles. The van der Waals surface area contributed by atoms with Crippen molar-refractivity contribution in [2.75, 3.05) is 6.61 Å². The third kappa shape index (κ3) is 9.07. The van der Waals surface area contributed by atoms with Gasteiger partial charge in [0.1, 0.15) is 6.10 Å². The zero-order chi connectivity index (χ0) is 19.9. The minimum absolute atomic E-state index is 0.0975. The van der Waals surface area contributed by atoms with Gasteiger partial charge in [-0.1, -0.05) is 77.8 Å². The number of benzene rings is 1. The molecule has 0 saturated heterocycles. The van der Waals surface area contributed by atoms with Crippen LogP contribution in [0.15, 0.2) is 24.3 Å². The van der Waals surface area contributed by atoms with E-state index < -0.39 is 11.9 Å². The van der Waals surface area contributed by atoms with Gasteiger partial charge in [0.25, 0.3) is 0 Å². The molecule has 0 spiro atoms. The molecule has 0 aliphatic carbocycles. The van der Waals surface area contributed by atoms with Crippen LogP contribution in [-0.4, -0.2) is 24.6 Å². The van der Waals surface area contributed by atoms with Gasteiger partial charge in [-0.05, 0) is 31.4 Å². The lowest BCUT2D eigenvalue weighted by atomic mass is 10.1. The highest BCUT2D eigenvalue weighted by Gasteiger charge is 2.21. The molecule has 0 heterocycles. The maximum atomic E-state index is 12.6. The van der Waals surface area contributed by atoms with E-state index in [2.05, 4.69) is 20.8 Å². The SMILES string of the molecule is CCCCCCCCOC(=O)c1ccccc1C(=O)OC(CCC)CCC. The first-order chi connectivity index (χ1) is 13.1. The first-order valence-electron chi connectivity index (χ1n) is 10.6. The number of hydrogen-bond acceptors (Lipinski definition) is 4. The molecular formula is C23H36O4. The van der Waals surface area contributed by atoms with Crippen molar-refractivity contribution in [3.63, 3.8) is 0 Å². The number of unbranched alkanes of at least 4 members (excludes halogenated alkanes) is 5. The Morgan fingerprint density at radius 3 is 1.93 bits per heavy atom. The molecule has 0 N–H and O–H groups in total. The fraction of sp³-hybridized carbons (Fsp3) is 0.652. The van der Waals surface area contributed by atoms with E-state index in [-0.39, 0.29) is 6.10 Å². The standard InChI is InChI=1S/C23H36O4/c1-4-7-8-9-10-13-18-26-22(24)20-16-11-12-17-21(20)23(25)27-19(14-5-2)15-6-3/h11-12,16-17,19H,4-10,13-15,18H2,1-3H3. The lowest BCUT2D eigenvalue weighted by Gasteiger charge is -2.17. The van der Waals surface area contributed by atoms with Gasteiger partial charge in [0, 0.05) is 0 Å². The summed E-state index contributed by atoms with van der Waals surface area (Å²) < 4.78 is 11.0. The average molecular weight is 377 g/mol. The first-order valence-corrected chi connectivity index (χ1v) is 10.6. The van der Waals surface area contributed by atoms with Crippen molar-refractivity contribution in [3.8, 4) is 0 Å². The Kier molecular flexibility index (Phi) is 12.2. The molecule has 4 nitrogen and oxygen atoms in total. The van der Waals surface area contributed by atoms with Crippen LogP contribution in [0.2, 0.25) is 0 Å². The normalized spacial score (nSPS) is 10.8. The number of ether oxygens (including phenoxy) is 2. The Hall–Kier alpha value is -1.84. The minimum atomic E-state index is -0.446. The first kappa shape index (κ1) is 23.2. The van der Waals surface area contributed by atoms with E-state index in [1.807, 2.05) is 0 Å². The van der Waals surface area contributed by atoms with Crippen molar-refractivity contribution in [1.29, 1.82) is 0 Å². The molecule has 0 radical (unpaired) electrons. The largest absolute Gasteiger partial charge is 0.462 e. The highest BCUT2D eigenvalue weighted by Crippen LogP contribution is 2.17. The van der Waals surface area contributed by atoms with Gasteiger partial charge in [0.15, 0.2) is 0 Å². The van der Waals surface area contributed by atoms with Gasteiger partial charge in [-0.15, -0.1) is 0 Å². The molecule has 0 aliphatic heterocycles. The Balaban J connectivity index is 2.58. The maximum absolute atomic E-state index is 12.6. The van der Waals surface area contributed by atoms with Crippen molar-refractivity contribution in [2.24, 2.45) is 0 Å². The van der Waals surface area contributed by atoms with E-state index in [9.17, 15) is 9.59 Å². The highest BCUT2D eigenvalue weighted by atomic mass is 16.5. The molecule has 4 heteroatoms. The molecule has 0 saturated carbocycles. The second kappa shape index (κ2) is 14.2. The van der Waals surface area contributed by atoms with Crippen LogP contribution in [-0.2, 0) is 9.47 Å². The summed E-state index contributed by atoms with van der Waals surface area (Å²) in [7, 11) is 0. The van der Waals surface area contributed by atoms with Crippen LogP contribution in [0.25, 0.3) is 0 Å². The molecule has 1 rings (SSSR count). The average Bonchev–Trinajstić information content (AvgIpc) is 2.67. The monoisotopic (exact) mass is 376 g/mol. The third-order valence-electron chi connectivity index (χ3n) is 4.59. The number of hydrogen-bond donors (Lipinski definition) is 0. The molecule has 27 heavy (non-hydrogen) atoms. The van der Waals surface area contributed by atoms with Gasteiger partial charge in [-0.2, -0.15) is 0 Å². The fourth-order valence-corrected chi connectivity index (χ4v) is 3.09. The van der Waals surface area contributed by atoms with Crippen LogP contribution in [0.3, 0.4) is 0 Å². The zero-order valence-electron chi connectivity index (χ0n) is 17.3. The molecule has 0 aliphatic rings. The Morgan fingerprint density at radius 1 is 0.778 bits per heavy atom. The number of esters is 2. The van der Waals surface area contributed by atoms with E-state index >= 15 is 0 Å². The summed E-state index contributed by atoms with van der Waals surface area (Å²) in [6.45, 7) is 6.73. The summed E-state index contributed by atoms with van der Waals surface area (Å²) in [5.41, 5.74) is 0.586. The molecule has 152 valence electrons. The summed E-state index contributed by atoms with van der Waals surface area (Å²) >= 11 is 0. The van der Waals surface area contributed by atoms with E-state index in [1.54, 1.807) is 24.3 Å². The lowest BCUT2D eigenvalue weighted by Crippen LogP contribution is -2.20. The van der Waals surface area contributed by atoms with E-state index in [4.69, 9.17) is 9.47 Å². The second-order valence-electron chi connectivity index (χ2n) is 7.05. The number of carbonyl (C=O) groups is 2. The van der Waals surface area contributed by atoms with Crippen LogP contribution in [0, 0.1) is 0 Å². The maximum Gasteiger partial charge on any atom is 0.339 e. The fourth-order valence-electron chi connectivity index (χ4n) is 3.09. The van der Waals surface area contributed by atoms with Gasteiger partial charge in [-0.3, -0.25) is 0 Å². The van der Waals surface area contributed by atoms with Gasteiger partial charge in [-0.25, -0.2) is 9.59 Å². The van der Waals surface area contributed by atoms with Gasteiger partial charge < -0.3 is 9.47 Å². The van der Waals surface area contributed by atoms with E-state index in [0.29, 0.717) is 17.7 Å². The van der Waals surface area contributed by atoms with Crippen molar-refractivity contribution in [2.45, 2.75) is 91.1 Å². The van der Waals surface area contributed by atoms with Crippen LogP contribution in [0.4, 0.5) is 0 Å². The summed E-state index contributed by atoms with van der Waals surface area (Å²) in [5, 5.41) is 0. The van der Waals surface area contributed by atoms with Crippen LogP contribution in [0.5, 0.6) is 0 Å². The van der Waals surface area contributed by atoms with Crippen LogP contribution < -0.4 is 0 Å². The van der Waals surface area contributed by atoms with Crippen LogP contribution in [0.1, 0.15) is 106 Å². The molecular weight excluding hydrogens is 340 g/mol. The number of carbonyl (C=O) groups excluding carboxylic acids is 2. The van der Waals surface area contributed by atoms with Crippen molar-refractivity contribution in [1.82, 2.24) is 0 Å². The topological polar surface area (TPSA) is 52.6 Å². The van der Waals surface area contributed by atoms with Gasteiger partial charge in [0.05, 0.1) is 17.7 Å². The minimum Gasteiger partial charge on any atom is -0.462 e. The predicted octanol–water partition coefficient (Wildman–Crippen LogP) is 6.33. The molecule has 0 atom stereocenters. The Bertz CT molecular complexity index is 547. The molecule has 1 aromatic rings. The van der Waals surface area contributed by atoms with Crippen molar-refractivity contribution >= 4 is 11.9 Å². The number of rotatable bonds is 14. The van der Waals surface area contributed by atoms with Gasteiger partial charge >= 0.3 is 11.9 Å². The van der Waals surface area contributed by atoms with Gasteiger partial charge in [0.2, 0.25) is 0 Å². The Morgan fingerprint density at radius 2 is 1.33 bits per heavy atom. The second-order valence-corrected chi connectivity index (χ2v) is 7.05. The smallest absolute Gasteiger partial charge is 0.339 e. The Labute approximate surface area is 164 Å². The summed E-state index contributed by atoms with van der Waals surface area (Å²) in [4.78, 5) is 25.0. The van der Waals surface area contributed by atoms with Crippen molar-refractivity contribution < 1.29 is 19.1 Å². The van der Waals surface area contributed by atoms with Crippen LogP contribution >= 0.6 is 0 Å². The predicted molar refractivity (Wildman–Crippen MR) is 109 cm³/mol. The highest BCUT2D eigenvalue weighted by molar-refractivity contribution is 6.03. The lowest BCUT2D eigenvalue weighted by molar-refractivity contribution is 0.0249. The molecule has 0 fully saturated rings. The summed E-state index contributed by atoms with van der Waals surface area (Å²) in [6, 6.07) is 6.76. The summed E-state index contributed by atoms with van der Waals surface area (Å²) in [5.74, 6) is -0.882. The molecule has 0 bridgehead atoms. The van der Waals surface area contributed by atoms with E-state index in [1.165, 1.54) is 25.7 Å². The zero-order valence-corrected chi connectivity index (χ0v) is 17.3. The van der Waals surface area contributed by atoms with E-state index in [0.717, 1.165) is 38.5 Å². The molecule has 0 amide bonds. The molecule has 0 unspecified atom stereocenters.